The lowest BCUT2D eigenvalue weighted by atomic mass is 10.1. The maximum atomic E-state index is 11.2. The predicted octanol–water partition coefficient (Wildman–Crippen LogP) is 1.29. The average molecular weight is 198 g/mol. The van der Waals surface area contributed by atoms with Crippen LogP contribution in [0.1, 0.15) is 39.0 Å². The monoisotopic (exact) mass is 198 g/mol. The first-order valence-corrected chi connectivity index (χ1v) is 5.80. The molecule has 0 spiro atoms. The third kappa shape index (κ3) is 4.61. The van der Waals surface area contributed by atoms with Crippen LogP contribution in [0, 0.1) is 5.92 Å². The van der Waals surface area contributed by atoms with Crippen molar-refractivity contribution in [3.05, 3.63) is 0 Å². The summed E-state index contributed by atoms with van der Waals surface area (Å²) in [6.07, 6.45) is 6.42. The van der Waals surface area contributed by atoms with Crippen molar-refractivity contribution in [3.63, 3.8) is 0 Å². The zero-order chi connectivity index (χ0) is 10.2. The Balaban J connectivity index is 1.94. The molecule has 0 heterocycles. The smallest absolute Gasteiger partial charge is 0.233 e. The Bertz CT molecular complexity index is 165. The van der Waals surface area contributed by atoms with Crippen molar-refractivity contribution < 1.29 is 4.79 Å². The minimum Gasteiger partial charge on any atom is -0.355 e. The van der Waals surface area contributed by atoms with Gasteiger partial charge in [-0.25, -0.2) is 0 Å². The van der Waals surface area contributed by atoms with E-state index in [9.17, 15) is 4.79 Å². The van der Waals surface area contributed by atoms with Crippen molar-refractivity contribution >= 4 is 5.91 Å². The van der Waals surface area contributed by atoms with Gasteiger partial charge in [-0.3, -0.25) is 4.79 Å². The van der Waals surface area contributed by atoms with Crippen LogP contribution in [0.5, 0.6) is 0 Å². The molecule has 0 aromatic heterocycles. The number of rotatable bonds is 6. The van der Waals surface area contributed by atoms with Crippen LogP contribution in [0.15, 0.2) is 0 Å². The molecule has 2 N–H and O–H groups in total. The Morgan fingerprint density at radius 2 is 2.07 bits per heavy atom. The van der Waals surface area contributed by atoms with E-state index >= 15 is 0 Å². The fraction of sp³-hybridized carbons (Fsp3) is 0.909. The molecule has 1 aliphatic rings. The molecule has 0 aromatic rings. The molecule has 1 fully saturated rings. The fourth-order valence-electron chi connectivity index (χ4n) is 1.93. The van der Waals surface area contributed by atoms with E-state index in [0.29, 0.717) is 6.54 Å². The SMILES string of the molecule is CCCNC(=O)CNCC1CCCC1. The molecule has 1 rings (SSSR count). The lowest BCUT2D eigenvalue weighted by molar-refractivity contribution is -0.120. The molecule has 3 nitrogen and oxygen atoms in total. The number of hydrogen-bond acceptors (Lipinski definition) is 2. The maximum absolute atomic E-state index is 11.2. The number of hydrogen-bond donors (Lipinski definition) is 2. The summed E-state index contributed by atoms with van der Waals surface area (Å²) in [6, 6.07) is 0. The second kappa shape index (κ2) is 6.82. The molecule has 1 aliphatic carbocycles. The summed E-state index contributed by atoms with van der Waals surface area (Å²) in [6.45, 7) is 4.35. The van der Waals surface area contributed by atoms with Crippen LogP contribution in [0.25, 0.3) is 0 Å². The normalized spacial score (nSPS) is 17.2. The van der Waals surface area contributed by atoms with Crippen LogP contribution in [0.3, 0.4) is 0 Å². The molecule has 0 aliphatic heterocycles. The van der Waals surface area contributed by atoms with Gasteiger partial charge in [-0.05, 0) is 31.7 Å². The highest BCUT2D eigenvalue weighted by atomic mass is 16.1. The minimum absolute atomic E-state index is 0.129. The zero-order valence-corrected chi connectivity index (χ0v) is 9.14. The Morgan fingerprint density at radius 3 is 2.71 bits per heavy atom. The van der Waals surface area contributed by atoms with Gasteiger partial charge in [0.1, 0.15) is 0 Å². The van der Waals surface area contributed by atoms with Gasteiger partial charge < -0.3 is 10.6 Å². The van der Waals surface area contributed by atoms with Crippen LogP contribution in [-0.4, -0.2) is 25.5 Å². The van der Waals surface area contributed by atoms with Gasteiger partial charge >= 0.3 is 0 Å². The Labute approximate surface area is 86.6 Å². The molecule has 14 heavy (non-hydrogen) atoms. The highest BCUT2D eigenvalue weighted by Crippen LogP contribution is 2.23. The van der Waals surface area contributed by atoms with Gasteiger partial charge in [-0.2, -0.15) is 0 Å². The number of carbonyl (C=O) groups is 1. The molecule has 0 unspecified atom stereocenters. The van der Waals surface area contributed by atoms with Gasteiger partial charge in [0.15, 0.2) is 0 Å². The van der Waals surface area contributed by atoms with Gasteiger partial charge in [-0.1, -0.05) is 19.8 Å². The van der Waals surface area contributed by atoms with E-state index < -0.39 is 0 Å². The van der Waals surface area contributed by atoms with Crippen molar-refractivity contribution in [2.24, 2.45) is 5.92 Å². The first-order chi connectivity index (χ1) is 6.83. The second-order valence-electron chi connectivity index (χ2n) is 4.13. The van der Waals surface area contributed by atoms with Crippen LogP contribution in [-0.2, 0) is 4.79 Å². The summed E-state index contributed by atoms with van der Waals surface area (Å²) in [7, 11) is 0. The molecule has 0 bridgehead atoms. The first-order valence-electron chi connectivity index (χ1n) is 5.80. The van der Waals surface area contributed by atoms with Gasteiger partial charge in [0.25, 0.3) is 0 Å². The molecule has 0 aromatic carbocycles. The number of amides is 1. The van der Waals surface area contributed by atoms with E-state index in [1.807, 2.05) is 0 Å². The van der Waals surface area contributed by atoms with Crippen LogP contribution in [0.4, 0.5) is 0 Å². The van der Waals surface area contributed by atoms with Crippen molar-refractivity contribution in [1.29, 1.82) is 0 Å². The third-order valence-electron chi connectivity index (χ3n) is 2.77. The third-order valence-corrected chi connectivity index (χ3v) is 2.77. The molecule has 1 amide bonds. The highest BCUT2D eigenvalue weighted by molar-refractivity contribution is 5.77. The Kier molecular flexibility index (Phi) is 5.60. The predicted molar refractivity (Wildman–Crippen MR) is 58.1 cm³/mol. The summed E-state index contributed by atoms with van der Waals surface area (Å²) in [5.41, 5.74) is 0. The topological polar surface area (TPSA) is 41.1 Å². The van der Waals surface area contributed by atoms with Crippen molar-refractivity contribution in [3.8, 4) is 0 Å². The van der Waals surface area contributed by atoms with Gasteiger partial charge in [0.05, 0.1) is 6.54 Å². The van der Waals surface area contributed by atoms with Crippen molar-refractivity contribution in [1.82, 2.24) is 10.6 Å². The van der Waals surface area contributed by atoms with E-state index in [1.54, 1.807) is 0 Å². The van der Waals surface area contributed by atoms with Gasteiger partial charge in [-0.15, -0.1) is 0 Å². The molecule has 0 radical (unpaired) electrons. The Hall–Kier alpha value is -0.570. The van der Waals surface area contributed by atoms with E-state index in [4.69, 9.17) is 0 Å². The van der Waals surface area contributed by atoms with Gasteiger partial charge in [0, 0.05) is 6.54 Å². The van der Waals surface area contributed by atoms with Crippen LogP contribution >= 0.6 is 0 Å². The second-order valence-corrected chi connectivity index (χ2v) is 4.13. The van der Waals surface area contributed by atoms with Crippen LogP contribution < -0.4 is 10.6 Å². The number of carbonyl (C=O) groups excluding carboxylic acids is 1. The average Bonchev–Trinajstić information content (AvgIpc) is 2.67. The quantitative estimate of drug-likeness (QED) is 0.675. The summed E-state index contributed by atoms with van der Waals surface area (Å²) in [5, 5.41) is 6.08. The van der Waals surface area contributed by atoms with Crippen molar-refractivity contribution in [2.75, 3.05) is 19.6 Å². The molecular formula is C11H22N2O. The lowest BCUT2D eigenvalue weighted by Gasteiger charge is -2.10. The van der Waals surface area contributed by atoms with Crippen molar-refractivity contribution in [2.45, 2.75) is 39.0 Å². The molecule has 0 saturated heterocycles. The molecule has 3 heteroatoms. The standard InChI is InChI=1S/C11H22N2O/c1-2-7-13-11(14)9-12-8-10-5-3-4-6-10/h10,12H,2-9H2,1H3,(H,13,14). The summed E-state index contributed by atoms with van der Waals surface area (Å²) >= 11 is 0. The van der Waals surface area contributed by atoms with E-state index in [1.165, 1.54) is 25.7 Å². The van der Waals surface area contributed by atoms with Crippen LogP contribution in [0.2, 0.25) is 0 Å². The molecule has 0 atom stereocenters. The highest BCUT2D eigenvalue weighted by Gasteiger charge is 2.14. The number of nitrogens with one attached hydrogen (secondary N) is 2. The van der Waals surface area contributed by atoms with E-state index in [2.05, 4.69) is 17.6 Å². The maximum Gasteiger partial charge on any atom is 0.233 e. The largest absolute Gasteiger partial charge is 0.355 e. The van der Waals surface area contributed by atoms with E-state index in [-0.39, 0.29) is 5.91 Å². The fourth-order valence-corrected chi connectivity index (χ4v) is 1.93. The van der Waals surface area contributed by atoms with Gasteiger partial charge in [0.2, 0.25) is 5.91 Å². The zero-order valence-electron chi connectivity index (χ0n) is 9.14. The minimum atomic E-state index is 0.129. The first kappa shape index (κ1) is 11.5. The molecular weight excluding hydrogens is 176 g/mol. The summed E-state index contributed by atoms with van der Waals surface area (Å²) in [5.74, 6) is 0.943. The molecule has 82 valence electrons. The molecule has 1 saturated carbocycles. The summed E-state index contributed by atoms with van der Waals surface area (Å²) in [4.78, 5) is 11.2. The van der Waals surface area contributed by atoms with E-state index in [0.717, 1.165) is 25.4 Å². The lowest BCUT2D eigenvalue weighted by Crippen LogP contribution is -2.35. The Morgan fingerprint density at radius 1 is 1.36 bits per heavy atom. The summed E-state index contributed by atoms with van der Waals surface area (Å²) < 4.78 is 0.